The van der Waals surface area contributed by atoms with Crippen LogP contribution < -0.4 is 10.6 Å². The van der Waals surface area contributed by atoms with Gasteiger partial charge in [-0.05, 0) is 32.1 Å². The summed E-state index contributed by atoms with van der Waals surface area (Å²) in [4.78, 5) is 12.1. The van der Waals surface area contributed by atoms with E-state index < -0.39 is 0 Å². The number of rotatable bonds is 3. The lowest BCUT2D eigenvalue weighted by molar-refractivity contribution is -0.125. The first-order valence-electron chi connectivity index (χ1n) is 6.96. The van der Waals surface area contributed by atoms with Crippen molar-refractivity contribution in [2.24, 2.45) is 11.8 Å². The molecule has 2 heterocycles. The molecule has 4 nitrogen and oxygen atoms in total. The Bertz CT molecular complexity index is 308. The van der Waals surface area contributed by atoms with Crippen molar-refractivity contribution in [1.82, 2.24) is 10.6 Å². The maximum absolute atomic E-state index is 12.1. The van der Waals surface area contributed by atoms with Crippen LogP contribution in [0.15, 0.2) is 0 Å². The summed E-state index contributed by atoms with van der Waals surface area (Å²) in [5, 5.41) is 16.2. The van der Waals surface area contributed by atoms with E-state index in [-0.39, 0.29) is 23.8 Å². The summed E-state index contributed by atoms with van der Waals surface area (Å²) in [6.45, 7) is 0.661. The fourth-order valence-corrected chi connectivity index (χ4v) is 3.73. The van der Waals surface area contributed by atoms with Crippen LogP contribution in [0.3, 0.4) is 0 Å². The monoisotopic (exact) mass is 238 g/mol. The molecule has 3 rings (SSSR count). The van der Waals surface area contributed by atoms with Crippen molar-refractivity contribution in [3.8, 4) is 0 Å². The Morgan fingerprint density at radius 3 is 2.76 bits per heavy atom. The number of amides is 1. The predicted octanol–water partition coefficient (Wildman–Crippen LogP) is 0.404. The molecule has 3 aliphatic rings. The van der Waals surface area contributed by atoms with E-state index in [1.54, 1.807) is 0 Å². The normalized spacial score (nSPS) is 44.2. The highest BCUT2D eigenvalue weighted by Crippen LogP contribution is 2.33. The van der Waals surface area contributed by atoms with Gasteiger partial charge in [0.25, 0.3) is 0 Å². The van der Waals surface area contributed by atoms with E-state index in [1.807, 2.05) is 0 Å². The largest absolute Gasteiger partial charge is 0.393 e. The van der Waals surface area contributed by atoms with Gasteiger partial charge in [-0.3, -0.25) is 4.79 Å². The van der Waals surface area contributed by atoms with E-state index in [9.17, 15) is 9.90 Å². The van der Waals surface area contributed by atoms with Gasteiger partial charge in [-0.1, -0.05) is 6.42 Å². The summed E-state index contributed by atoms with van der Waals surface area (Å²) in [6, 6.07) is 0.987. The summed E-state index contributed by atoms with van der Waals surface area (Å²) in [6.07, 6.45) is 6.23. The Morgan fingerprint density at radius 1 is 1.29 bits per heavy atom. The first kappa shape index (κ1) is 11.5. The van der Waals surface area contributed by atoms with Gasteiger partial charge in [0.15, 0.2) is 0 Å². The summed E-state index contributed by atoms with van der Waals surface area (Å²) in [7, 11) is 0. The first-order chi connectivity index (χ1) is 8.24. The minimum atomic E-state index is -0.201. The minimum absolute atomic E-state index is 0.173. The second-order valence-corrected chi connectivity index (χ2v) is 5.89. The smallest absolute Gasteiger partial charge is 0.224 e. The number of carbonyl (C=O) groups is 1. The van der Waals surface area contributed by atoms with Gasteiger partial charge in [0.1, 0.15) is 0 Å². The summed E-state index contributed by atoms with van der Waals surface area (Å²) in [5.41, 5.74) is 0. The molecule has 5 atom stereocenters. The molecular weight excluding hydrogens is 216 g/mol. The van der Waals surface area contributed by atoms with Crippen molar-refractivity contribution in [3.63, 3.8) is 0 Å². The Kier molecular flexibility index (Phi) is 3.09. The minimum Gasteiger partial charge on any atom is -0.393 e. The quantitative estimate of drug-likeness (QED) is 0.667. The molecule has 5 unspecified atom stereocenters. The number of hydrogen-bond donors (Lipinski definition) is 3. The lowest BCUT2D eigenvalue weighted by atomic mass is 9.88. The number of nitrogens with one attached hydrogen (secondary N) is 2. The van der Waals surface area contributed by atoms with Gasteiger partial charge in [-0.2, -0.15) is 0 Å². The van der Waals surface area contributed by atoms with Crippen molar-refractivity contribution in [2.75, 3.05) is 6.54 Å². The van der Waals surface area contributed by atoms with E-state index in [0.717, 1.165) is 32.1 Å². The second-order valence-electron chi connectivity index (χ2n) is 5.89. The third kappa shape index (κ3) is 2.20. The maximum Gasteiger partial charge on any atom is 0.224 e. The Morgan fingerprint density at radius 2 is 2.18 bits per heavy atom. The van der Waals surface area contributed by atoms with E-state index in [1.165, 1.54) is 6.42 Å². The molecule has 2 bridgehead atoms. The van der Waals surface area contributed by atoms with Crippen molar-refractivity contribution in [2.45, 2.75) is 56.7 Å². The van der Waals surface area contributed by atoms with Gasteiger partial charge in [-0.25, -0.2) is 0 Å². The molecule has 0 aromatic rings. The van der Waals surface area contributed by atoms with Gasteiger partial charge in [0.05, 0.1) is 12.0 Å². The highest BCUT2D eigenvalue weighted by atomic mass is 16.3. The molecule has 1 aliphatic carbocycles. The van der Waals surface area contributed by atoms with Crippen LogP contribution >= 0.6 is 0 Å². The molecule has 2 aliphatic heterocycles. The van der Waals surface area contributed by atoms with Crippen LogP contribution in [0.25, 0.3) is 0 Å². The van der Waals surface area contributed by atoms with Gasteiger partial charge in [0, 0.05) is 24.5 Å². The van der Waals surface area contributed by atoms with Gasteiger partial charge < -0.3 is 15.7 Å². The van der Waals surface area contributed by atoms with Crippen LogP contribution in [0.4, 0.5) is 0 Å². The lowest BCUT2D eigenvalue weighted by Crippen LogP contribution is -2.40. The Hall–Kier alpha value is -0.610. The molecule has 1 amide bonds. The molecule has 0 spiro atoms. The van der Waals surface area contributed by atoms with E-state index in [2.05, 4.69) is 10.6 Å². The van der Waals surface area contributed by atoms with Crippen LogP contribution in [-0.4, -0.2) is 35.7 Å². The summed E-state index contributed by atoms with van der Waals surface area (Å²) in [5.74, 6) is 0.654. The Balaban J connectivity index is 1.47. The van der Waals surface area contributed by atoms with E-state index in [4.69, 9.17) is 0 Å². The predicted molar refractivity (Wildman–Crippen MR) is 64.4 cm³/mol. The van der Waals surface area contributed by atoms with Crippen molar-refractivity contribution in [3.05, 3.63) is 0 Å². The van der Waals surface area contributed by atoms with Crippen LogP contribution in [0.2, 0.25) is 0 Å². The zero-order chi connectivity index (χ0) is 11.8. The molecule has 4 heteroatoms. The van der Waals surface area contributed by atoms with Crippen LogP contribution in [0.5, 0.6) is 0 Å². The van der Waals surface area contributed by atoms with Crippen molar-refractivity contribution < 1.29 is 9.90 Å². The van der Waals surface area contributed by atoms with Crippen LogP contribution in [0.1, 0.15) is 38.5 Å². The second kappa shape index (κ2) is 4.58. The molecule has 3 N–H and O–H groups in total. The number of aliphatic hydroxyl groups excluding tert-OH is 1. The fraction of sp³-hybridized carbons (Fsp3) is 0.923. The number of fused-ring (bicyclic) bond motifs is 2. The highest BCUT2D eigenvalue weighted by Gasteiger charge is 2.42. The third-order valence-electron chi connectivity index (χ3n) is 4.79. The van der Waals surface area contributed by atoms with Gasteiger partial charge >= 0.3 is 0 Å². The van der Waals surface area contributed by atoms with Crippen LogP contribution in [0, 0.1) is 11.8 Å². The fourth-order valence-electron chi connectivity index (χ4n) is 3.73. The zero-order valence-corrected chi connectivity index (χ0v) is 10.2. The van der Waals surface area contributed by atoms with Crippen molar-refractivity contribution >= 4 is 5.91 Å². The highest BCUT2D eigenvalue weighted by molar-refractivity contribution is 5.80. The van der Waals surface area contributed by atoms with Gasteiger partial charge in [0.2, 0.25) is 5.91 Å². The first-order valence-corrected chi connectivity index (χ1v) is 6.96. The standard InChI is InChI=1S/C13H22N2O2/c16-12-3-1-2-8(12)7-14-13(17)10-6-9-4-5-11(10)15-9/h8-12,15-16H,1-7H2,(H,14,17). The Labute approximate surface area is 102 Å². The molecule has 0 aromatic heterocycles. The molecule has 96 valence electrons. The topological polar surface area (TPSA) is 61.4 Å². The maximum atomic E-state index is 12.1. The molecule has 0 radical (unpaired) electrons. The zero-order valence-electron chi connectivity index (χ0n) is 10.2. The lowest BCUT2D eigenvalue weighted by Gasteiger charge is -2.21. The summed E-state index contributed by atoms with van der Waals surface area (Å²) >= 11 is 0. The molecule has 2 saturated heterocycles. The van der Waals surface area contributed by atoms with Crippen molar-refractivity contribution in [1.29, 1.82) is 0 Å². The molecule has 3 fully saturated rings. The third-order valence-corrected chi connectivity index (χ3v) is 4.79. The number of aliphatic hydroxyl groups is 1. The molecule has 1 saturated carbocycles. The average molecular weight is 238 g/mol. The SMILES string of the molecule is O=C(NCC1CCCC1O)C1CC2CCC1N2. The number of carbonyl (C=O) groups excluding carboxylic acids is 1. The molecule has 17 heavy (non-hydrogen) atoms. The number of hydrogen-bond acceptors (Lipinski definition) is 3. The summed E-state index contributed by atoms with van der Waals surface area (Å²) < 4.78 is 0. The van der Waals surface area contributed by atoms with Gasteiger partial charge in [-0.15, -0.1) is 0 Å². The molecular formula is C13H22N2O2. The van der Waals surface area contributed by atoms with E-state index >= 15 is 0 Å². The van der Waals surface area contributed by atoms with E-state index in [0.29, 0.717) is 18.6 Å². The van der Waals surface area contributed by atoms with Crippen LogP contribution in [-0.2, 0) is 4.79 Å². The molecule has 0 aromatic carbocycles. The average Bonchev–Trinajstić information content (AvgIpc) is 3.01.